The number of benzene rings is 1. The van der Waals surface area contributed by atoms with Crippen molar-refractivity contribution >= 4 is 29.1 Å². The summed E-state index contributed by atoms with van der Waals surface area (Å²) in [5, 5.41) is 11.8. The van der Waals surface area contributed by atoms with Crippen LogP contribution in [0.15, 0.2) is 29.4 Å². The predicted molar refractivity (Wildman–Crippen MR) is 98.1 cm³/mol. The lowest BCUT2D eigenvalue weighted by Crippen LogP contribution is -2.15. The van der Waals surface area contributed by atoms with E-state index in [4.69, 9.17) is 0 Å². The van der Waals surface area contributed by atoms with Crippen LogP contribution in [-0.4, -0.2) is 31.7 Å². The Morgan fingerprint density at radius 2 is 1.96 bits per heavy atom. The van der Waals surface area contributed by atoms with Crippen LogP contribution in [0.3, 0.4) is 0 Å². The molecule has 0 radical (unpaired) electrons. The number of aromatic nitrogens is 3. The molecule has 1 fully saturated rings. The molecule has 1 saturated carbocycles. The predicted octanol–water partition coefficient (Wildman–Crippen LogP) is 3.50. The molecule has 6 nitrogen and oxygen atoms in total. The van der Waals surface area contributed by atoms with E-state index >= 15 is 0 Å². The summed E-state index contributed by atoms with van der Waals surface area (Å²) in [5.41, 5.74) is 1.31. The van der Waals surface area contributed by atoms with Crippen LogP contribution in [0, 0.1) is 0 Å². The third-order valence-electron chi connectivity index (χ3n) is 4.15. The van der Waals surface area contributed by atoms with Gasteiger partial charge in [-0.15, -0.1) is 10.2 Å². The molecule has 0 unspecified atom stereocenters. The van der Waals surface area contributed by atoms with Crippen LogP contribution >= 0.6 is 11.8 Å². The van der Waals surface area contributed by atoms with E-state index in [1.807, 2.05) is 6.92 Å². The van der Waals surface area contributed by atoms with Gasteiger partial charge in [0.25, 0.3) is 0 Å². The average Bonchev–Trinajstić information content (AvgIpc) is 3.35. The maximum Gasteiger partial charge on any atom is 0.221 e. The zero-order valence-corrected chi connectivity index (χ0v) is 15.5. The summed E-state index contributed by atoms with van der Waals surface area (Å²) < 4.78 is 2.12. The van der Waals surface area contributed by atoms with Crippen LogP contribution in [-0.2, 0) is 11.3 Å². The molecule has 0 spiro atoms. The molecule has 1 heterocycles. The fourth-order valence-corrected chi connectivity index (χ4v) is 3.69. The van der Waals surface area contributed by atoms with E-state index in [2.05, 4.69) is 27.0 Å². The standard InChI is InChI=1S/C18H22N4O2S/c1-4-22-17(14-5-6-14)20-21-18(22)25-11(2)16(24)13-7-9-15(10-8-13)19-12(3)23/h7-11,14H,4-6H2,1-3H3,(H,19,23)/t11-/m0/s1. The Morgan fingerprint density at radius 3 is 2.52 bits per heavy atom. The van der Waals surface area contributed by atoms with E-state index in [-0.39, 0.29) is 16.9 Å². The second kappa shape index (κ2) is 7.39. The highest BCUT2D eigenvalue weighted by Crippen LogP contribution is 2.40. The highest BCUT2D eigenvalue weighted by atomic mass is 32.2. The Balaban J connectivity index is 1.69. The van der Waals surface area contributed by atoms with E-state index in [1.165, 1.54) is 31.5 Å². The van der Waals surface area contributed by atoms with Gasteiger partial charge in [0, 0.05) is 30.6 Å². The van der Waals surface area contributed by atoms with Crippen LogP contribution in [0.25, 0.3) is 0 Å². The quantitative estimate of drug-likeness (QED) is 0.605. The number of nitrogens with one attached hydrogen (secondary N) is 1. The molecule has 1 atom stereocenters. The molecule has 1 aliphatic carbocycles. The maximum absolute atomic E-state index is 12.7. The number of rotatable bonds is 7. The SMILES string of the molecule is CCn1c(S[C@@H](C)C(=O)c2ccc(NC(C)=O)cc2)nnc1C1CC1. The molecule has 25 heavy (non-hydrogen) atoms. The summed E-state index contributed by atoms with van der Waals surface area (Å²) in [5.74, 6) is 1.49. The number of anilines is 1. The molecule has 7 heteroatoms. The van der Waals surface area contributed by atoms with E-state index in [0.717, 1.165) is 17.5 Å². The summed E-state index contributed by atoms with van der Waals surface area (Å²) >= 11 is 1.45. The number of hydrogen-bond acceptors (Lipinski definition) is 5. The van der Waals surface area contributed by atoms with Gasteiger partial charge in [0.05, 0.1) is 5.25 Å². The summed E-state index contributed by atoms with van der Waals surface area (Å²) in [7, 11) is 0. The number of nitrogens with zero attached hydrogens (tertiary/aromatic N) is 3. The lowest BCUT2D eigenvalue weighted by atomic mass is 10.1. The van der Waals surface area contributed by atoms with Gasteiger partial charge in [-0.25, -0.2) is 0 Å². The molecule has 132 valence electrons. The molecular weight excluding hydrogens is 336 g/mol. The van der Waals surface area contributed by atoms with Crippen molar-refractivity contribution < 1.29 is 9.59 Å². The average molecular weight is 358 g/mol. The monoisotopic (exact) mass is 358 g/mol. The van der Waals surface area contributed by atoms with Gasteiger partial charge in [0.1, 0.15) is 5.82 Å². The molecule has 0 bridgehead atoms. The topological polar surface area (TPSA) is 76.9 Å². The number of thioether (sulfide) groups is 1. The van der Waals surface area contributed by atoms with Gasteiger partial charge in [-0.05, 0) is 51.0 Å². The normalized spacial score (nSPS) is 15.0. The van der Waals surface area contributed by atoms with Gasteiger partial charge in [0.15, 0.2) is 10.9 Å². The van der Waals surface area contributed by atoms with Crippen molar-refractivity contribution in [3.05, 3.63) is 35.7 Å². The van der Waals surface area contributed by atoms with Crippen LogP contribution in [0.5, 0.6) is 0 Å². The summed E-state index contributed by atoms with van der Waals surface area (Å²) in [4.78, 5) is 23.7. The Kier molecular flexibility index (Phi) is 5.22. The fourth-order valence-electron chi connectivity index (χ4n) is 2.70. The smallest absolute Gasteiger partial charge is 0.221 e. The van der Waals surface area contributed by atoms with Crippen molar-refractivity contribution in [2.45, 2.75) is 56.5 Å². The van der Waals surface area contributed by atoms with Crippen LogP contribution < -0.4 is 5.32 Å². The first-order valence-electron chi connectivity index (χ1n) is 8.51. The lowest BCUT2D eigenvalue weighted by molar-refractivity contribution is -0.114. The third-order valence-corrected chi connectivity index (χ3v) is 5.23. The largest absolute Gasteiger partial charge is 0.326 e. The lowest BCUT2D eigenvalue weighted by Gasteiger charge is -2.12. The van der Waals surface area contributed by atoms with Crippen molar-refractivity contribution in [1.29, 1.82) is 0 Å². The number of Topliss-reactive ketones (excluding diaryl/α,β-unsaturated/α-hetero) is 1. The number of carbonyl (C=O) groups excluding carboxylic acids is 2. The summed E-state index contributed by atoms with van der Waals surface area (Å²) in [6.07, 6.45) is 2.36. The van der Waals surface area contributed by atoms with E-state index in [9.17, 15) is 9.59 Å². The van der Waals surface area contributed by atoms with Gasteiger partial charge < -0.3 is 9.88 Å². The Labute approximate surface area is 151 Å². The third kappa shape index (κ3) is 4.10. The van der Waals surface area contributed by atoms with Gasteiger partial charge in [-0.1, -0.05) is 11.8 Å². The highest BCUT2D eigenvalue weighted by Gasteiger charge is 2.30. The summed E-state index contributed by atoms with van der Waals surface area (Å²) in [6, 6.07) is 6.97. The Morgan fingerprint density at radius 1 is 1.28 bits per heavy atom. The molecule has 0 aliphatic heterocycles. The van der Waals surface area contributed by atoms with Crippen LogP contribution in [0.2, 0.25) is 0 Å². The zero-order valence-electron chi connectivity index (χ0n) is 14.7. The first-order valence-corrected chi connectivity index (χ1v) is 9.39. The number of amides is 1. The van der Waals surface area contributed by atoms with Crippen LogP contribution in [0.1, 0.15) is 55.7 Å². The van der Waals surface area contributed by atoms with Crippen molar-refractivity contribution in [2.24, 2.45) is 0 Å². The van der Waals surface area contributed by atoms with Gasteiger partial charge in [-0.2, -0.15) is 0 Å². The van der Waals surface area contributed by atoms with Crippen molar-refractivity contribution in [3.8, 4) is 0 Å². The molecule has 1 N–H and O–H groups in total. The minimum atomic E-state index is -0.256. The molecule has 1 amide bonds. The first kappa shape index (κ1) is 17.7. The number of carbonyl (C=O) groups is 2. The second-order valence-electron chi connectivity index (χ2n) is 6.24. The Bertz CT molecular complexity index is 781. The first-order chi connectivity index (χ1) is 12.0. The number of ketones is 1. The van der Waals surface area contributed by atoms with Gasteiger partial charge >= 0.3 is 0 Å². The maximum atomic E-state index is 12.7. The van der Waals surface area contributed by atoms with Crippen molar-refractivity contribution in [2.75, 3.05) is 5.32 Å². The molecule has 3 rings (SSSR count). The molecule has 1 aromatic carbocycles. The van der Waals surface area contributed by atoms with E-state index < -0.39 is 0 Å². The van der Waals surface area contributed by atoms with Crippen LogP contribution in [0.4, 0.5) is 5.69 Å². The molecule has 1 aromatic heterocycles. The van der Waals surface area contributed by atoms with Gasteiger partial charge in [-0.3, -0.25) is 9.59 Å². The second-order valence-corrected chi connectivity index (χ2v) is 7.55. The number of hydrogen-bond donors (Lipinski definition) is 1. The summed E-state index contributed by atoms with van der Waals surface area (Å²) in [6.45, 7) is 6.23. The van der Waals surface area contributed by atoms with E-state index in [1.54, 1.807) is 24.3 Å². The van der Waals surface area contributed by atoms with Gasteiger partial charge in [0.2, 0.25) is 5.91 Å². The molecule has 0 saturated heterocycles. The highest BCUT2D eigenvalue weighted by molar-refractivity contribution is 8.00. The zero-order chi connectivity index (χ0) is 18.0. The van der Waals surface area contributed by atoms with E-state index in [0.29, 0.717) is 17.2 Å². The Hall–Kier alpha value is -2.15. The molecular formula is C18H22N4O2S. The van der Waals surface area contributed by atoms with Crippen molar-refractivity contribution in [3.63, 3.8) is 0 Å². The molecule has 1 aliphatic rings. The minimum Gasteiger partial charge on any atom is -0.326 e. The fraction of sp³-hybridized carbons (Fsp3) is 0.444. The molecule has 2 aromatic rings. The minimum absolute atomic E-state index is 0.0398. The van der Waals surface area contributed by atoms with Crippen molar-refractivity contribution in [1.82, 2.24) is 14.8 Å².